The van der Waals surface area contributed by atoms with Gasteiger partial charge in [0.2, 0.25) is 0 Å². The molecule has 3 heterocycles. The zero-order valence-electron chi connectivity index (χ0n) is 27.6. The lowest BCUT2D eigenvalue weighted by Gasteiger charge is -2.26. The number of methoxy groups -OCH3 is 2. The molecule has 10 heteroatoms. The predicted octanol–water partition coefficient (Wildman–Crippen LogP) is 5.45. The summed E-state index contributed by atoms with van der Waals surface area (Å²) in [6, 6.07) is 23.5. The van der Waals surface area contributed by atoms with E-state index in [0.717, 1.165) is 33.8 Å². The van der Waals surface area contributed by atoms with Crippen molar-refractivity contribution in [1.82, 2.24) is 9.13 Å². The molecule has 0 bridgehead atoms. The molecular formula is C38H35N3O6S. The Hall–Kier alpha value is -5.48. The maximum Gasteiger partial charge on any atom is 0.338 e. The third-order valence-electron chi connectivity index (χ3n) is 8.49. The summed E-state index contributed by atoms with van der Waals surface area (Å²) in [4.78, 5) is 46.0. The van der Waals surface area contributed by atoms with Crippen molar-refractivity contribution in [2.45, 2.75) is 33.7 Å². The van der Waals surface area contributed by atoms with Crippen LogP contribution in [0.5, 0.6) is 5.75 Å². The van der Waals surface area contributed by atoms with Gasteiger partial charge in [0.1, 0.15) is 5.75 Å². The lowest BCUT2D eigenvalue weighted by atomic mass is 9.93. The highest BCUT2D eigenvalue weighted by Gasteiger charge is 2.35. The van der Waals surface area contributed by atoms with Crippen LogP contribution in [0, 0.1) is 20.8 Å². The third-order valence-corrected chi connectivity index (χ3v) is 9.47. The summed E-state index contributed by atoms with van der Waals surface area (Å²) < 4.78 is 20.2. The summed E-state index contributed by atoms with van der Waals surface area (Å²) in [6.07, 6.45) is 1.86. The SMILES string of the molecule is CCOC(=O)C1=C(c2ccccc2)N=c2s/c(=C/c3cc(C)n(-c4cccc(C(=O)OC)c4C)c3C)c(=O)n2[C@@H]1c1cccc(OC)c1. The number of fused-ring (bicyclic) bond motifs is 1. The topological polar surface area (TPSA) is 101 Å². The Morgan fingerprint density at radius 2 is 1.69 bits per heavy atom. The van der Waals surface area contributed by atoms with Gasteiger partial charge in [0.25, 0.3) is 5.56 Å². The number of aryl methyl sites for hydroxylation is 1. The molecule has 9 nitrogen and oxygen atoms in total. The predicted molar refractivity (Wildman–Crippen MR) is 185 cm³/mol. The second kappa shape index (κ2) is 13.3. The smallest absolute Gasteiger partial charge is 0.338 e. The highest BCUT2D eigenvalue weighted by molar-refractivity contribution is 7.07. The molecule has 48 heavy (non-hydrogen) atoms. The lowest BCUT2D eigenvalue weighted by Crippen LogP contribution is -2.40. The summed E-state index contributed by atoms with van der Waals surface area (Å²) in [5, 5.41) is 0. The van der Waals surface area contributed by atoms with Crippen LogP contribution in [0.3, 0.4) is 0 Å². The molecule has 6 rings (SSSR count). The number of carbonyl (C=O) groups is 2. The fraction of sp³-hybridized carbons (Fsp3) is 0.211. The molecule has 0 saturated carbocycles. The van der Waals surface area contributed by atoms with Crippen molar-refractivity contribution in [3.63, 3.8) is 0 Å². The summed E-state index contributed by atoms with van der Waals surface area (Å²) in [5.74, 6) is -0.355. The Labute approximate surface area is 281 Å². The number of benzene rings is 3. The second-order valence-electron chi connectivity index (χ2n) is 11.3. The van der Waals surface area contributed by atoms with Gasteiger partial charge in [0, 0.05) is 22.6 Å². The number of hydrogen-bond acceptors (Lipinski definition) is 8. The molecule has 1 aliphatic heterocycles. The number of nitrogens with zero attached hydrogens (tertiary/aromatic N) is 3. The Morgan fingerprint density at radius 3 is 2.40 bits per heavy atom. The van der Waals surface area contributed by atoms with E-state index < -0.39 is 18.0 Å². The van der Waals surface area contributed by atoms with Gasteiger partial charge in [-0.15, -0.1) is 0 Å². The second-order valence-corrected chi connectivity index (χ2v) is 12.3. The number of rotatable bonds is 8. The first-order valence-electron chi connectivity index (χ1n) is 15.5. The standard InChI is InChI=1S/C38H35N3O6S/c1-7-47-37(44)32-33(25-13-9-8-10-14-25)39-38-41(34(32)26-15-11-16-28(20-26)45-5)35(42)31(48-38)21-27-19-22(2)40(24(27)4)30-18-12-17-29(23(30)3)36(43)46-6/h8-21,34H,7H2,1-6H3/b31-21+/t34-/m1/s1. The fourth-order valence-corrected chi connectivity index (χ4v) is 7.20. The molecular weight excluding hydrogens is 627 g/mol. The molecule has 3 aromatic carbocycles. The van der Waals surface area contributed by atoms with E-state index >= 15 is 0 Å². The minimum absolute atomic E-state index is 0.164. The molecule has 0 saturated heterocycles. The van der Waals surface area contributed by atoms with Crippen molar-refractivity contribution < 1.29 is 23.8 Å². The number of esters is 2. The number of thiazole rings is 1. The Balaban J connectivity index is 1.59. The lowest BCUT2D eigenvalue weighted by molar-refractivity contribution is -0.138. The number of carbonyl (C=O) groups excluding carboxylic acids is 2. The molecule has 0 aliphatic carbocycles. The normalized spacial score (nSPS) is 14.4. The summed E-state index contributed by atoms with van der Waals surface area (Å²) in [5.41, 5.74) is 6.65. The van der Waals surface area contributed by atoms with Gasteiger partial charge in [0.05, 0.1) is 48.2 Å². The zero-order chi connectivity index (χ0) is 34.1. The van der Waals surface area contributed by atoms with Crippen LogP contribution >= 0.6 is 11.3 Å². The van der Waals surface area contributed by atoms with E-state index in [9.17, 15) is 14.4 Å². The van der Waals surface area contributed by atoms with Gasteiger partial charge in [0.15, 0.2) is 4.80 Å². The molecule has 0 radical (unpaired) electrons. The highest BCUT2D eigenvalue weighted by atomic mass is 32.1. The number of aromatic nitrogens is 2. The Morgan fingerprint density at radius 1 is 0.938 bits per heavy atom. The van der Waals surface area contributed by atoms with Gasteiger partial charge in [-0.3, -0.25) is 9.36 Å². The van der Waals surface area contributed by atoms with Crippen LogP contribution in [0.15, 0.2) is 94.2 Å². The van der Waals surface area contributed by atoms with E-state index in [-0.39, 0.29) is 17.7 Å². The van der Waals surface area contributed by atoms with Gasteiger partial charge in [-0.1, -0.05) is 59.9 Å². The minimum Gasteiger partial charge on any atom is -0.497 e. The average Bonchev–Trinajstić information content (AvgIpc) is 3.56. The maximum absolute atomic E-state index is 14.4. The number of ether oxygens (including phenoxy) is 3. The first-order valence-corrected chi connectivity index (χ1v) is 16.3. The van der Waals surface area contributed by atoms with Gasteiger partial charge in [-0.05, 0) is 80.8 Å². The third kappa shape index (κ3) is 5.68. The average molecular weight is 662 g/mol. The molecule has 0 unspecified atom stereocenters. The van der Waals surface area contributed by atoms with Crippen molar-refractivity contribution in [2.75, 3.05) is 20.8 Å². The van der Waals surface area contributed by atoms with Crippen molar-refractivity contribution in [3.05, 3.63) is 143 Å². The van der Waals surface area contributed by atoms with Crippen molar-refractivity contribution in [1.29, 1.82) is 0 Å². The van der Waals surface area contributed by atoms with Gasteiger partial charge >= 0.3 is 11.9 Å². The van der Waals surface area contributed by atoms with Crippen LogP contribution in [0.4, 0.5) is 0 Å². The van der Waals surface area contributed by atoms with E-state index in [1.54, 1.807) is 24.7 Å². The first kappa shape index (κ1) is 32.5. The van der Waals surface area contributed by atoms with E-state index in [4.69, 9.17) is 19.2 Å². The largest absolute Gasteiger partial charge is 0.497 e. The van der Waals surface area contributed by atoms with Gasteiger partial charge in [-0.25, -0.2) is 14.6 Å². The van der Waals surface area contributed by atoms with E-state index in [1.165, 1.54) is 18.4 Å². The molecule has 1 atom stereocenters. The Kier molecular flexibility index (Phi) is 9.01. The molecule has 244 valence electrons. The molecule has 1 aliphatic rings. The van der Waals surface area contributed by atoms with Crippen molar-refractivity contribution in [2.24, 2.45) is 4.99 Å². The van der Waals surface area contributed by atoms with Crippen LogP contribution in [0.1, 0.15) is 57.0 Å². The van der Waals surface area contributed by atoms with Crippen LogP contribution in [0.2, 0.25) is 0 Å². The summed E-state index contributed by atoms with van der Waals surface area (Å²) >= 11 is 1.26. The molecule has 0 N–H and O–H groups in total. The molecule has 0 spiro atoms. The van der Waals surface area contributed by atoms with Crippen LogP contribution < -0.4 is 19.6 Å². The first-order chi connectivity index (χ1) is 23.2. The van der Waals surface area contributed by atoms with Gasteiger partial charge in [-0.2, -0.15) is 0 Å². The van der Waals surface area contributed by atoms with Gasteiger partial charge < -0.3 is 18.8 Å². The monoisotopic (exact) mass is 661 g/mol. The quantitative estimate of drug-likeness (QED) is 0.205. The summed E-state index contributed by atoms with van der Waals surface area (Å²) in [6.45, 7) is 7.77. The summed E-state index contributed by atoms with van der Waals surface area (Å²) in [7, 11) is 2.94. The maximum atomic E-state index is 14.4. The highest BCUT2D eigenvalue weighted by Crippen LogP contribution is 2.36. The molecule has 0 fully saturated rings. The molecule has 0 amide bonds. The van der Waals surface area contributed by atoms with Crippen LogP contribution in [0.25, 0.3) is 17.5 Å². The van der Waals surface area contributed by atoms with Crippen molar-refractivity contribution in [3.8, 4) is 11.4 Å². The van der Waals surface area contributed by atoms with Crippen LogP contribution in [-0.2, 0) is 14.3 Å². The minimum atomic E-state index is -0.816. The van der Waals surface area contributed by atoms with E-state index in [0.29, 0.717) is 31.9 Å². The van der Waals surface area contributed by atoms with E-state index in [1.807, 2.05) is 99.6 Å². The zero-order valence-corrected chi connectivity index (χ0v) is 28.4. The fourth-order valence-electron chi connectivity index (χ4n) is 6.21. The van der Waals surface area contributed by atoms with Crippen LogP contribution in [-0.4, -0.2) is 41.9 Å². The molecule has 5 aromatic rings. The number of hydrogen-bond donors (Lipinski definition) is 0. The molecule has 2 aromatic heterocycles. The Bertz CT molecular complexity index is 2280. The van der Waals surface area contributed by atoms with E-state index in [2.05, 4.69) is 4.57 Å². The van der Waals surface area contributed by atoms with Crippen molar-refractivity contribution >= 4 is 35.0 Å².